The molecule has 0 saturated carbocycles. The van der Waals surface area contributed by atoms with E-state index in [2.05, 4.69) is 21.6 Å². The Labute approximate surface area is 112 Å². The molecule has 1 aromatic carbocycles. The minimum absolute atomic E-state index is 0.172. The topological polar surface area (TPSA) is 78.8 Å². The predicted molar refractivity (Wildman–Crippen MR) is 71.9 cm³/mol. The average molecular weight is 261 g/mol. The number of tetrazole rings is 1. The first kappa shape index (κ1) is 13.5. The van der Waals surface area contributed by atoms with Crippen LogP contribution < -0.4 is 10.5 Å². The van der Waals surface area contributed by atoms with Crippen molar-refractivity contribution in [3.8, 4) is 5.75 Å². The maximum absolute atomic E-state index is 5.82. The number of aromatic nitrogens is 4. The molecular weight excluding hydrogens is 242 g/mol. The van der Waals surface area contributed by atoms with Crippen LogP contribution in [0, 0.1) is 0 Å². The summed E-state index contributed by atoms with van der Waals surface area (Å²) in [4.78, 5) is 0. The van der Waals surface area contributed by atoms with Crippen LogP contribution in [-0.2, 0) is 13.5 Å². The SMILES string of the molecule is COc1cccc(CCC(CN)c2nnnn2C)c1. The van der Waals surface area contributed by atoms with E-state index in [1.165, 1.54) is 5.56 Å². The number of hydrogen-bond acceptors (Lipinski definition) is 5. The quantitative estimate of drug-likeness (QED) is 0.835. The second kappa shape index (κ2) is 6.29. The Bertz CT molecular complexity index is 525. The first-order chi connectivity index (χ1) is 9.24. The molecule has 1 heterocycles. The van der Waals surface area contributed by atoms with Gasteiger partial charge in [-0.15, -0.1) is 5.10 Å². The predicted octanol–water partition coefficient (Wildman–Crippen LogP) is 0.894. The van der Waals surface area contributed by atoms with Gasteiger partial charge in [0.15, 0.2) is 5.82 Å². The van der Waals surface area contributed by atoms with E-state index >= 15 is 0 Å². The fraction of sp³-hybridized carbons (Fsp3) is 0.462. The van der Waals surface area contributed by atoms with Gasteiger partial charge in [-0.1, -0.05) is 12.1 Å². The summed E-state index contributed by atoms with van der Waals surface area (Å²) in [6, 6.07) is 8.07. The molecule has 0 aliphatic carbocycles. The van der Waals surface area contributed by atoms with Crippen molar-refractivity contribution in [1.82, 2.24) is 20.2 Å². The highest BCUT2D eigenvalue weighted by atomic mass is 16.5. The van der Waals surface area contributed by atoms with Gasteiger partial charge in [-0.05, 0) is 41.0 Å². The standard InChI is InChI=1S/C13H19N5O/c1-18-13(15-16-17-18)11(9-14)7-6-10-4-3-5-12(8-10)19-2/h3-5,8,11H,6-7,9,14H2,1-2H3. The molecule has 102 valence electrons. The summed E-state index contributed by atoms with van der Waals surface area (Å²) >= 11 is 0. The molecule has 1 unspecified atom stereocenters. The van der Waals surface area contributed by atoms with Crippen molar-refractivity contribution < 1.29 is 4.74 Å². The lowest BCUT2D eigenvalue weighted by atomic mass is 9.98. The Morgan fingerprint density at radius 3 is 2.89 bits per heavy atom. The minimum atomic E-state index is 0.172. The molecule has 0 spiro atoms. The molecule has 0 radical (unpaired) electrons. The second-order valence-electron chi connectivity index (χ2n) is 4.48. The van der Waals surface area contributed by atoms with Crippen LogP contribution in [0.3, 0.4) is 0 Å². The highest BCUT2D eigenvalue weighted by Gasteiger charge is 2.16. The maximum atomic E-state index is 5.82. The van der Waals surface area contributed by atoms with Crippen LogP contribution >= 0.6 is 0 Å². The third kappa shape index (κ3) is 3.29. The molecule has 2 N–H and O–H groups in total. The van der Waals surface area contributed by atoms with Crippen molar-refractivity contribution in [3.05, 3.63) is 35.7 Å². The number of nitrogens with zero attached hydrogens (tertiary/aromatic N) is 4. The Morgan fingerprint density at radius 1 is 1.42 bits per heavy atom. The highest BCUT2D eigenvalue weighted by Crippen LogP contribution is 2.20. The monoisotopic (exact) mass is 261 g/mol. The average Bonchev–Trinajstić information content (AvgIpc) is 2.86. The molecule has 2 aromatic rings. The van der Waals surface area contributed by atoms with E-state index in [0.29, 0.717) is 6.54 Å². The number of benzene rings is 1. The number of methoxy groups -OCH3 is 1. The van der Waals surface area contributed by atoms with Crippen LogP contribution in [0.4, 0.5) is 0 Å². The van der Waals surface area contributed by atoms with Gasteiger partial charge in [0.1, 0.15) is 5.75 Å². The lowest BCUT2D eigenvalue weighted by Crippen LogP contribution is -2.17. The Morgan fingerprint density at radius 2 is 2.26 bits per heavy atom. The van der Waals surface area contributed by atoms with Gasteiger partial charge in [-0.25, -0.2) is 4.68 Å². The van der Waals surface area contributed by atoms with Crippen LogP contribution in [0.1, 0.15) is 23.7 Å². The lowest BCUT2D eigenvalue weighted by Gasteiger charge is -2.13. The van der Waals surface area contributed by atoms with E-state index in [-0.39, 0.29) is 5.92 Å². The van der Waals surface area contributed by atoms with E-state index in [9.17, 15) is 0 Å². The third-order valence-electron chi connectivity index (χ3n) is 3.22. The fourth-order valence-electron chi connectivity index (χ4n) is 2.10. The van der Waals surface area contributed by atoms with Crippen LogP contribution in [0.5, 0.6) is 5.75 Å². The molecule has 0 fully saturated rings. The Hall–Kier alpha value is -1.95. The van der Waals surface area contributed by atoms with Gasteiger partial charge in [-0.2, -0.15) is 0 Å². The summed E-state index contributed by atoms with van der Waals surface area (Å²) in [7, 11) is 3.51. The highest BCUT2D eigenvalue weighted by molar-refractivity contribution is 5.28. The second-order valence-corrected chi connectivity index (χ2v) is 4.48. The molecule has 0 bridgehead atoms. The number of aryl methyl sites for hydroxylation is 2. The molecule has 0 saturated heterocycles. The van der Waals surface area contributed by atoms with Crippen molar-refractivity contribution in [2.75, 3.05) is 13.7 Å². The van der Waals surface area contributed by atoms with Gasteiger partial charge >= 0.3 is 0 Å². The van der Waals surface area contributed by atoms with Crippen LogP contribution in [0.2, 0.25) is 0 Å². The first-order valence-electron chi connectivity index (χ1n) is 6.30. The number of nitrogens with two attached hydrogens (primary N) is 1. The lowest BCUT2D eigenvalue weighted by molar-refractivity contribution is 0.414. The van der Waals surface area contributed by atoms with Crippen LogP contribution in [-0.4, -0.2) is 33.9 Å². The van der Waals surface area contributed by atoms with Crippen molar-refractivity contribution in [1.29, 1.82) is 0 Å². The van der Waals surface area contributed by atoms with Gasteiger partial charge in [0, 0.05) is 19.5 Å². The Balaban J connectivity index is 2.02. The van der Waals surface area contributed by atoms with Crippen LogP contribution in [0.15, 0.2) is 24.3 Å². The zero-order chi connectivity index (χ0) is 13.7. The molecule has 19 heavy (non-hydrogen) atoms. The van der Waals surface area contributed by atoms with Gasteiger partial charge in [0.05, 0.1) is 7.11 Å². The van der Waals surface area contributed by atoms with Gasteiger partial charge in [-0.3, -0.25) is 0 Å². The van der Waals surface area contributed by atoms with Crippen molar-refractivity contribution >= 4 is 0 Å². The molecule has 6 heteroatoms. The minimum Gasteiger partial charge on any atom is -0.497 e. The number of ether oxygens (including phenoxy) is 1. The van der Waals surface area contributed by atoms with E-state index in [0.717, 1.165) is 24.4 Å². The number of hydrogen-bond donors (Lipinski definition) is 1. The third-order valence-corrected chi connectivity index (χ3v) is 3.22. The number of rotatable bonds is 6. The maximum Gasteiger partial charge on any atom is 0.155 e. The smallest absolute Gasteiger partial charge is 0.155 e. The molecule has 2 rings (SSSR count). The molecule has 6 nitrogen and oxygen atoms in total. The summed E-state index contributed by atoms with van der Waals surface area (Å²) in [5.41, 5.74) is 7.05. The van der Waals surface area contributed by atoms with Gasteiger partial charge in [0.25, 0.3) is 0 Å². The molecule has 1 aromatic heterocycles. The van der Waals surface area contributed by atoms with E-state index in [1.54, 1.807) is 11.8 Å². The zero-order valence-corrected chi connectivity index (χ0v) is 11.3. The van der Waals surface area contributed by atoms with Gasteiger partial charge in [0.2, 0.25) is 0 Å². The summed E-state index contributed by atoms with van der Waals surface area (Å²) in [6.45, 7) is 0.540. The van der Waals surface area contributed by atoms with E-state index < -0.39 is 0 Å². The fourth-order valence-corrected chi connectivity index (χ4v) is 2.10. The van der Waals surface area contributed by atoms with Crippen molar-refractivity contribution in [3.63, 3.8) is 0 Å². The Kier molecular flexibility index (Phi) is 4.46. The zero-order valence-electron chi connectivity index (χ0n) is 11.3. The van der Waals surface area contributed by atoms with Crippen molar-refractivity contribution in [2.24, 2.45) is 12.8 Å². The largest absolute Gasteiger partial charge is 0.497 e. The molecular formula is C13H19N5O. The molecule has 1 atom stereocenters. The first-order valence-corrected chi connectivity index (χ1v) is 6.30. The molecule has 0 aliphatic heterocycles. The normalized spacial score (nSPS) is 12.4. The van der Waals surface area contributed by atoms with E-state index in [1.807, 2.05) is 25.2 Å². The van der Waals surface area contributed by atoms with Crippen molar-refractivity contribution in [2.45, 2.75) is 18.8 Å². The summed E-state index contributed by atoms with van der Waals surface area (Å²) in [5.74, 6) is 1.89. The van der Waals surface area contributed by atoms with Gasteiger partial charge < -0.3 is 10.5 Å². The van der Waals surface area contributed by atoms with Crippen LogP contribution in [0.25, 0.3) is 0 Å². The van der Waals surface area contributed by atoms with E-state index in [4.69, 9.17) is 10.5 Å². The summed E-state index contributed by atoms with van der Waals surface area (Å²) in [5, 5.41) is 11.5. The summed E-state index contributed by atoms with van der Waals surface area (Å²) in [6.07, 6.45) is 1.84. The molecule has 0 amide bonds. The summed E-state index contributed by atoms with van der Waals surface area (Å²) < 4.78 is 6.90. The molecule has 0 aliphatic rings.